The zero-order valence-electron chi connectivity index (χ0n) is 15.8. The van der Waals surface area contributed by atoms with Gasteiger partial charge in [0.15, 0.2) is 0 Å². The van der Waals surface area contributed by atoms with Gasteiger partial charge in [-0.15, -0.1) is 0 Å². The van der Waals surface area contributed by atoms with Crippen LogP contribution in [-0.4, -0.2) is 10.5 Å². The van der Waals surface area contributed by atoms with Crippen LogP contribution in [0.5, 0.6) is 0 Å². The maximum Gasteiger partial charge on any atom is 0.257 e. The van der Waals surface area contributed by atoms with Crippen molar-refractivity contribution in [2.75, 3.05) is 5.32 Å². The van der Waals surface area contributed by atoms with E-state index < -0.39 is 0 Å². The van der Waals surface area contributed by atoms with E-state index in [4.69, 9.17) is 11.6 Å². The van der Waals surface area contributed by atoms with Crippen LogP contribution < -0.4 is 10.9 Å². The Morgan fingerprint density at radius 1 is 0.964 bits per heavy atom. The summed E-state index contributed by atoms with van der Waals surface area (Å²) in [7, 11) is 0. The lowest BCUT2D eigenvalue weighted by Crippen LogP contribution is -2.22. The van der Waals surface area contributed by atoms with Crippen molar-refractivity contribution < 1.29 is 4.79 Å². The number of amides is 1. The monoisotopic (exact) mass is 394 g/mol. The second-order valence-electron chi connectivity index (χ2n) is 6.76. The topological polar surface area (TPSA) is 51.1 Å². The van der Waals surface area contributed by atoms with Crippen molar-refractivity contribution in [2.24, 2.45) is 0 Å². The molecule has 0 bridgehead atoms. The number of aryl methyl sites for hydroxylation is 1. The molecule has 5 heteroatoms. The fourth-order valence-corrected chi connectivity index (χ4v) is 3.04. The quantitative estimate of drug-likeness (QED) is 0.602. The Hall–Kier alpha value is -2.85. The summed E-state index contributed by atoms with van der Waals surface area (Å²) in [5.41, 5.74) is 3.21. The highest BCUT2D eigenvalue weighted by atomic mass is 35.5. The van der Waals surface area contributed by atoms with Gasteiger partial charge in [0.25, 0.3) is 11.5 Å². The van der Waals surface area contributed by atoms with Crippen LogP contribution >= 0.6 is 11.6 Å². The van der Waals surface area contributed by atoms with Gasteiger partial charge < -0.3 is 9.88 Å². The molecule has 1 amide bonds. The zero-order valence-corrected chi connectivity index (χ0v) is 16.6. The van der Waals surface area contributed by atoms with Crippen LogP contribution in [-0.2, 0) is 13.0 Å². The molecular weight excluding hydrogens is 372 g/mol. The van der Waals surface area contributed by atoms with Crippen LogP contribution in [0.15, 0.2) is 71.7 Å². The summed E-state index contributed by atoms with van der Waals surface area (Å²) < 4.78 is 1.52. The van der Waals surface area contributed by atoms with Crippen molar-refractivity contribution in [3.63, 3.8) is 0 Å². The molecule has 28 heavy (non-hydrogen) atoms. The maximum absolute atomic E-state index is 12.6. The average Bonchev–Trinajstić information content (AvgIpc) is 2.70. The minimum absolute atomic E-state index is 0.160. The molecule has 0 spiro atoms. The van der Waals surface area contributed by atoms with E-state index in [0.29, 0.717) is 17.1 Å². The first-order valence-electron chi connectivity index (χ1n) is 9.40. The van der Waals surface area contributed by atoms with Crippen molar-refractivity contribution >= 4 is 23.2 Å². The number of unbranched alkanes of at least 4 members (excludes halogenated alkanes) is 1. The second-order valence-corrected chi connectivity index (χ2v) is 7.20. The molecule has 4 nitrogen and oxygen atoms in total. The molecule has 3 aromatic rings. The number of benzene rings is 2. The molecule has 0 radical (unpaired) electrons. The summed E-state index contributed by atoms with van der Waals surface area (Å²) in [6.45, 7) is 2.55. The number of hydrogen-bond acceptors (Lipinski definition) is 2. The Bertz CT molecular complexity index is 992. The number of rotatable bonds is 7. The number of nitrogens with one attached hydrogen (secondary N) is 1. The summed E-state index contributed by atoms with van der Waals surface area (Å²) in [5.74, 6) is -0.244. The number of carbonyl (C=O) groups is 1. The summed E-state index contributed by atoms with van der Waals surface area (Å²) in [6.07, 6.45) is 4.94. The molecule has 1 N–H and O–H groups in total. The van der Waals surface area contributed by atoms with Crippen LogP contribution in [0.4, 0.5) is 5.69 Å². The number of halogens is 1. The van der Waals surface area contributed by atoms with Gasteiger partial charge >= 0.3 is 0 Å². The smallest absolute Gasteiger partial charge is 0.257 e. The second kappa shape index (κ2) is 9.38. The highest BCUT2D eigenvalue weighted by Gasteiger charge is 2.09. The molecule has 0 aliphatic carbocycles. The molecule has 0 saturated heterocycles. The van der Waals surface area contributed by atoms with Gasteiger partial charge in [-0.1, -0.05) is 49.2 Å². The van der Waals surface area contributed by atoms with Crippen LogP contribution in [0, 0.1) is 0 Å². The number of hydrogen-bond donors (Lipinski definition) is 1. The van der Waals surface area contributed by atoms with E-state index in [1.165, 1.54) is 16.2 Å². The summed E-state index contributed by atoms with van der Waals surface area (Å²) in [4.78, 5) is 24.7. The first-order chi connectivity index (χ1) is 13.5. The first-order valence-corrected chi connectivity index (χ1v) is 9.78. The predicted molar refractivity (Wildman–Crippen MR) is 114 cm³/mol. The van der Waals surface area contributed by atoms with E-state index in [1.54, 1.807) is 24.4 Å². The third-order valence-corrected chi connectivity index (χ3v) is 4.79. The molecular formula is C23H23ClN2O2. The Morgan fingerprint density at radius 3 is 2.32 bits per heavy atom. The van der Waals surface area contributed by atoms with E-state index >= 15 is 0 Å². The number of anilines is 1. The average molecular weight is 395 g/mol. The highest BCUT2D eigenvalue weighted by Crippen LogP contribution is 2.14. The van der Waals surface area contributed by atoms with Crippen LogP contribution in [0.3, 0.4) is 0 Å². The largest absolute Gasteiger partial charge is 0.322 e. The van der Waals surface area contributed by atoms with Crippen molar-refractivity contribution in [3.8, 4) is 0 Å². The van der Waals surface area contributed by atoms with E-state index in [2.05, 4.69) is 12.2 Å². The third-order valence-electron chi connectivity index (χ3n) is 4.54. The third kappa shape index (κ3) is 5.33. The normalized spacial score (nSPS) is 10.6. The van der Waals surface area contributed by atoms with Crippen molar-refractivity contribution in [3.05, 3.63) is 98.9 Å². The summed E-state index contributed by atoms with van der Waals surface area (Å²) in [5, 5.41) is 3.53. The molecule has 1 aromatic heterocycles. The van der Waals surface area contributed by atoms with E-state index in [-0.39, 0.29) is 11.5 Å². The Labute approximate surface area is 169 Å². The van der Waals surface area contributed by atoms with Gasteiger partial charge in [0, 0.05) is 23.0 Å². The van der Waals surface area contributed by atoms with Gasteiger partial charge in [0.1, 0.15) is 0 Å². The molecule has 0 aliphatic heterocycles. The van der Waals surface area contributed by atoms with Gasteiger partial charge in [0.05, 0.1) is 12.1 Å². The first kappa shape index (κ1) is 19.9. The van der Waals surface area contributed by atoms with Crippen molar-refractivity contribution in [1.82, 2.24) is 4.57 Å². The highest BCUT2D eigenvalue weighted by molar-refractivity contribution is 6.30. The number of carbonyl (C=O) groups excluding carboxylic acids is 1. The van der Waals surface area contributed by atoms with Gasteiger partial charge in [-0.05, 0) is 54.3 Å². The molecule has 144 valence electrons. The standard InChI is InChI=1S/C23H23ClN2O2/c1-2-3-4-17-7-12-21(13-8-17)25-23(28)19-9-14-22(27)26(16-19)15-18-5-10-20(24)11-6-18/h5-14,16H,2-4,15H2,1H3,(H,25,28). The Kier molecular flexibility index (Phi) is 6.66. The van der Waals surface area contributed by atoms with E-state index in [9.17, 15) is 9.59 Å². The summed E-state index contributed by atoms with van der Waals surface area (Å²) in [6, 6.07) is 18.1. The molecule has 0 fully saturated rings. The van der Waals surface area contributed by atoms with E-state index in [1.807, 2.05) is 36.4 Å². The predicted octanol–water partition coefficient (Wildman–Crippen LogP) is 5.14. The van der Waals surface area contributed by atoms with Crippen LogP contribution in [0.1, 0.15) is 41.3 Å². The Morgan fingerprint density at radius 2 is 1.64 bits per heavy atom. The fourth-order valence-electron chi connectivity index (χ4n) is 2.91. The van der Waals surface area contributed by atoms with Crippen LogP contribution in [0.2, 0.25) is 5.02 Å². The number of nitrogens with zero attached hydrogens (tertiary/aromatic N) is 1. The molecule has 0 unspecified atom stereocenters. The SMILES string of the molecule is CCCCc1ccc(NC(=O)c2ccc(=O)n(Cc3ccc(Cl)cc3)c2)cc1. The van der Waals surface area contributed by atoms with Gasteiger partial charge in [-0.25, -0.2) is 0 Å². The van der Waals surface area contributed by atoms with Gasteiger partial charge in [-0.2, -0.15) is 0 Å². The van der Waals surface area contributed by atoms with Crippen molar-refractivity contribution in [1.29, 1.82) is 0 Å². The number of aromatic nitrogens is 1. The van der Waals surface area contributed by atoms with Gasteiger partial charge in [-0.3, -0.25) is 9.59 Å². The summed E-state index contributed by atoms with van der Waals surface area (Å²) >= 11 is 5.90. The Balaban J connectivity index is 1.71. The maximum atomic E-state index is 12.6. The fraction of sp³-hybridized carbons (Fsp3) is 0.217. The lowest BCUT2D eigenvalue weighted by atomic mass is 10.1. The lowest BCUT2D eigenvalue weighted by Gasteiger charge is -2.10. The van der Waals surface area contributed by atoms with Crippen molar-refractivity contribution in [2.45, 2.75) is 32.7 Å². The minimum atomic E-state index is -0.244. The number of pyridine rings is 1. The zero-order chi connectivity index (χ0) is 19.9. The molecule has 3 rings (SSSR count). The van der Waals surface area contributed by atoms with Crippen LogP contribution in [0.25, 0.3) is 0 Å². The lowest BCUT2D eigenvalue weighted by molar-refractivity contribution is 0.102. The molecule has 0 aliphatic rings. The van der Waals surface area contributed by atoms with Gasteiger partial charge in [0.2, 0.25) is 0 Å². The molecule has 0 atom stereocenters. The van der Waals surface area contributed by atoms with E-state index in [0.717, 1.165) is 30.5 Å². The molecule has 1 heterocycles. The molecule has 2 aromatic carbocycles. The minimum Gasteiger partial charge on any atom is -0.322 e. The molecule has 0 saturated carbocycles.